The molecule has 0 atom stereocenters. The Kier molecular flexibility index (Phi) is 10.3. The zero-order chi connectivity index (χ0) is 44.5. The van der Waals surface area contributed by atoms with Gasteiger partial charge in [0, 0.05) is 17.1 Å². The van der Waals surface area contributed by atoms with Crippen LogP contribution in [0.5, 0.6) is 0 Å². The van der Waals surface area contributed by atoms with Gasteiger partial charge in [-0.2, -0.15) is 0 Å². The molecule has 0 spiro atoms. The van der Waals surface area contributed by atoms with Crippen LogP contribution in [0.3, 0.4) is 0 Å². The van der Waals surface area contributed by atoms with E-state index in [1.165, 1.54) is 99.1 Å². The monoisotopic (exact) mass is 851 g/mol. The number of fused-ring (bicyclic) bond motifs is 3. The predicted molar refractivity (Wildman–Crippen MR) is 286 cm³/mol. The summed E-state index contributed by atoms with van der Waals surface area (Å²) in [5, 5.41) is 7.53. The molecule has 0 radical (unpaired) electrons. The van der Waals surface area contributed by atoms with Gasteiger partial charge in [0.1, 0.15) is 0 Å². The van der Waals surface area contributed by atoms with Crippen LogP contribution in [0.2, 0.25) is 0 Å². The summed E-state index contributed by atoms with van der Waals surface area (Å²) in [5.41, 5.74) is 17.8. The average molecular weight is 852 g/mol. The number of benzene rings is 12. The van der Waals surface area contributed by atoms with Gasteiger partial charge in [-0.05, 0) is 142 Å². The van der Waals surface area contributed by atoms with Crippen LogP contribution in [0.1, 0.15) is 0 Å². The van der Waals surface area contributed by atoms with Gasteiger partial charge in [0.05, 0.1) is 0 Å². The highest BCUT2D eigenvalue weighted by molar-refractivity contribution is 6.04. The number of hydrogen-bond acceptors (Lipinski definition) is 1. The molecule has 0 bridgehead atoms. The maximum absolute atomic E-state index is 2.37. The van der Waals surface area contributed by atoms with Crippen LogP contribution in [0.4, 0.5) is 17.1 Å². The Hall–Kier alpha value is -8.78. The summed E-state index contributed by atoms with van der Waals surface area (Å²) in [5.74, 6) is 0. The molecule has 0 saturated carbocycles. The smallest absolute Gasteiger partial charge is 0.0462 e. The Bertz CT molecular complexity index is 3690. The van der Waals surface area contributed by atoms with Crippen LogP contribution in [-0.4, -0.2) is 0 Å². The molecule has 0 aromatic heterocycles. The zero-order valence-electron chi connectivity index (χ0n) is 36.9. The molecule has 12 aromatic rings. The summed E-state index contributed by atoms with van der Waals surface area (Å²) >= 11 is 0. The first kappa shape index (κ1) is 39.8. The van der Waals surface area contributed by atoms with Gasteiger partial charge in [-0.3, -0.25) is 0 Å². The number of rotatable bonds is 9. The van der Waals surface area contributed by atoms with E-state index < -0.39 is 0 Å². The van der Waals surface area contributed by atoms with Gasteiger partial charge in [0.2, 0.25) is 0 Å². The lowest BCUT2D eigenvalue weighted by molar-refractivity contribution is 1.28. The molecule has 1 nitrogen and oxygen atoms in total. The average Bonchev–Trinajstić information content (AvgIpc) is 3.41. The van der Waals surface area contributed by atoms with Gasteiger partial charge in [-0.15, -0.1) is 0 Å². The molecule has 314 valence electrons. The van der Waals surface area contributed by atoms with Crippen LogP contribution in [-0.2, 0) is 0 Å². The van der Waals surface area contributed by atoms with E-state index in [-0.39, 0.29) is 0 Å². The summed E-state index contributed by atoms with van der Waals surface area (Å²) in [6.07, 6.45) is 0. The van der Waals surface area contributed by atoms with Crippen molar-refractivity contribution in [2.45, 2.75) is 0 Å². The van der Waals surface area contributed by atoms with Crippen molar-refractivity contribution in [3.05, 3.63) is 273 Å². The van der Waals surface area contributed by atoms with E-state index in [1.54, 1.807) is 0 Å². The van der Waals surface area contributed by atoms with E-state index in [9.17, 15) is 0 Å². The quantitative estimate of drug-likeness (QED) is 0.140. The summed E-state index contributed by atoms with van der Waals surface area (Å²) < 4.78 is 0. The molecule has 0 fully saturated rings. The Labute approximate surface area is 392 Å². The second-order valence-corrected chi connectivity index (χ2v) is 17.3. The molecule has 0 saturated heterocycles. The molecule has 0 aliphatic carbocycles. The third-order valence-electron chi connectivity index (χ3n) is 13.3. The highest BCUT2D eigenvalue weighted by atomic mass is 15.1. The molecule has 0 unspecified atom stereocenters. The molecular weight excluding hydrogens is 807 g/mol. The Morgan fingerprint density at radius 1 is 0.194 bits per heavy atom. The van der Waals surface area contributed by atoms with Crippen molar-refractivity contribution in [2.24, 2.45) is 0 Å². The molecule has 0 N–H and O–H groups in total. The third-order valence-corrected chi connectivity index (χ3v) is 13.3. The first-order valence-electron chi connectivity index (χ1n) is 23.1. The van der Waals surface area contributed by atoms with Gasteiger partial charge in [0.15, 0.2) is 0 Å². The SMILES string of the molecule is c1ccc(-c2c(-c3ccc(N(c4ccc(-c5ccc(-c6cccc7ccccc67)cc5)cc4)c4ccc(-c5cccc(-c6cccc7ccccc67)c5)cc4)cc3)ccc3ccccc23)cc1. The molecule has 12 aromatic carbocycles. The molecule has 12 rings (SSSR count). The summed E-state index contributed by atoms with van der Waals surface area (Å²) in [4.78, 5) is 2.37. The van der Waals surface area contributed by atoms with Crippen LogP contribution in [0, 0.1) is 0 Å². The third kappa shape index (κ3) is 7.63. The molecule has 0 amide bonds. The lowest BCUT2D eigenvalue weighted by Crippen LogP contribution is -2.09. The highest BCUT2D eigenvalue weighted by Crippen LogP contribution is 2.42. The summed E-state index contributed by atoms with van der Waals surface area (Å²) in [6.45, 7) is 0. The van der Waals surface area contributed by atoms with Crippen molar-refractivity contribution >= 4 is 49.4 Å². The Morgan fingerprint density at radius 2 is 0.567 bits per heavy atom. The fourth-order valence-corrected chi connectivity index (χ4v) is 9.93. The highest BCUT2D eigenvalue weighted by Gasteiger charge is 2.17. The summed E-state index contributed by atoms with van der Waals surface area (Å²) in [6, 6.07) is 99.3. The van der Waals surface area contributed by atoms with Crippen molar-refractivity contribution < 1.29 is 0 Å². The Morgan fingerprint density at radius 3 is 1.15 bits per heavy atom. The topological polar surface area (TPSA) is 3.24 Å². The largest absolute Gasteiger partial charge is 0.311 e. The minimum Gasteiger partial charge on any atom is -0.311 e. The second kappa shape index (κ2) is 17.3. The summed E-state index contributed by atoms with van der Waals surface area (Å²) in [7, 11) is 0. The minimum atomic E-state index is 1.09. The standard InChI is InChI=1S/C66H45N/c1-2-16-54(17-3-1)66-64-24-9-6-15-51(64)37-44-65(66)53-35-42-59(43-36-53)67(57-38-31-47(32-39-57)46-27-29-52(30-28-46)62-25-11-18-49-13-4-7-22-60(49)62)58-40-33-48(34-41-58)55-20-10-21-56(45-55)63-26-12-19-50-14-5-8-23-61(50)63/h1-45H. The first-order chi connectivity index (χ1) is 33.2. The molecular formula is C66H45N. The number of nitrogens with zero attached hydrogens (tertiary/aromatic N) is 1. The van der Waals surface area contributed by atoms with Crippen LogP contribution in [0.25, 0.3) is 99.1 Å². The normalized spacial score (nSPS) is 11.3. The van der Waals surface area contributed by atoms with Crippen LogP contribution < -0.4 is 4.90 Å². The van der Waals surface area contributed by atoms with E-state index >= 15 is 0 Å². The predicted octanol–water partition coefficient (Wildman–Crippen LogP) is 18.6. The van der Waals surface area contributed by atoms with Gasteiger partial charge in [-0.25, -0.2) is 0 Å². The van der Waals surface area contributed by atoms with E-state index in [0.29, 0.717) is 0 Å². The van der Waals surface area contributed by atoms with Gasteiger partial charge in [-0.1, -0.05) is 231 Å². The number of hydrogen-bond donors (Lipinski definition) is 0. The molecule has 0 aliphatic heterocycles. The lowest BCUT2D eigenvalue weighted by atomic mass is 9.90. The minimum absolute atomic E-state index is 1.09. The zero-order valence-corrected chi connectivity index (χ0v) is 36.9. The van der Waals surface area contributed by atoms with Crippen molar-refractivity contribution in [3.8, 4) is 66.8 Å². The molecule has 0 aliphatic rings. The van der Waals surface area contributed by atoms with Gasteiger partial charge < -0.3 is 4.90 Å². The molecule has 1 heteroatoms. The van der Waals surface area contributed by atoms with Gasteiger partial charge >= 0.3 is 0 Å². The van der Waals surface area contributed by atoms with E-state index in [0.717, 1.165) is 17.1 Å². The molecule has 0 heterocycles. The lowest BCUT2D eigenvalue weighted by Gasteiger charge is -2.26. The van der Waals surface area contributed by atoms with Crippen molar-refractivity contribution in [1.82, 2.24) is 0 Å². The van der Waals surface area contributed by atoms with Gasteiger partial charge in [0.25, 0.3) is 0 Å². The van der Waals surface area contributed by atoms with E-state index in [2.05, 4.69) is 278 Å². The first-order valence-corrected chi connectivity index (χ1v) is 23.1. The number of anilines is 3. The Balaban J connectivity index is 0.907. The second-order valence-electron chi connectivity index (χ2n) is 17.3. The van der Waals surface area contributed by atoms with Crippen LogP contribution >= 0.6 is 0 Å². The van der Waals surface area contributed by atoms with Crippen molar-refractivity contribution in [3.63, 3.8) is 0 Å². The maximum Gasteiger partial charge on any atom is 0.0462 e. The fourth-order valence-electron chi connectivity index (χ4n) is 9.93. The van der Waals surface area contributed by atoms with Crippen molar-refractivity contribution in [1.29, 1.82) is 0 Å². The van der Waals surface area contributed by atoms with E-state index in [1.807, 2.05) is 0 Å². The van der Waals surface area contributed by atoms with Crippen molar-refractivity contribution in [2.75, 3.05) is 4.90 Å². The maximum atomic E-state index is 2.37. The fraction of sp³-hybridized carbons (Fsp3) is 0. The van der Waals surface area contributed by atoms with Crippen LogP contribution in [0.15, 0.2) is 273 Å². The molecule has 67 heavy (non-hydrogen) atoms. The van der Waals surface area contributed by atoms with E-state index in [4.69, 9.17) is 0 Å².